The predicted octanol–water partition coefficient (Wildman–Crippen LogP) is 5.56. The van der Waals surface area contributed by atoms with Gasteiger partial charge < -0.3 is 33.3 Å². The lowest BCUT2D eigenvalue weighted by Crippen LogP contribution is -2.16. The van der Waals surface area contributed by atoms with Crippen LogP contribution in [0, 0.1) is 30.1 Å². The van der Waals surface area contributed by atoms with Crippen LogP contribution in [0.15, 0.2) is 121 Å². The molecular formula is C45H43N16O4S-. The number of nitrogens with one attached hydrogen (secondary N) is 3. The highest BCUT2D eigenvalue weighted by atomic mass is 32.2. The van der Waals surface area contributed by atoms with Crippen molar-refractivity contribution in [3.63, 3.8) is 0 Å². The Morgan fingerprint density at radius 3 is 1.82 bits per heavy atom. The molecule has 2 atom stereocenters. The van der Waals surface area contributed by atoms with Gasteiger partial charge in [0.15, 0.2) is 5.65 Å². The van der Waals surface area contributed by atoms with E-state index in [0.717, 1.165) is 26.1 Å². The van der Waals surface area contributed by atoms with Crippen molar-refractivity contribution in [1.82, 2.24) is 58.4 Å². The summed E-state index contributed by atoms with van der Waals surface area (Å²) in [5.41, 5.74) is 6.41. The number of H-pyrrole nitrogens is 1. The molecule has 0 bridgehead atoms. The van der Waals surface area contributed by atoms with Gasteiger partial charge in [0.25, 0.3) is 10.0 Å². The average molecular weight is 904 g/mol. The molecule has 0 saturated carbocycles. The van der Waals surface area contributed by atoms with Crippen LogP contribution in [-0.2, 0) is 23.1 Å². The van der Waals surface area contributed by atoms with Crippen LogP contribution in [0.25, 0.3) is 67.1 Å². The number of nitrogens with zero attached hydrogens (tertiary/aromatic N) is 13. The second-order valence-electron chi connectivity index (χ2n) is 14.7. The first-order chi connectivity index (χ1) is 31.5. The van der Waals surface area contributed by atoms with E-state index in [1.165, 1.54) is 23.0 Å². The Morgan fingerprint density at radius 1 is 0.727 bits per heavy atom. The van der Waals surface area contributed by atoms with Crippen LogP contribution in [0.1, 0.15) is 13.8 Å². The molecule has 8 heterocycles. The van der Waals surface area contributed by atoms with Crippen LogP contribution in [0.4, 0.5) is 11.9 Å². The van der Waals surface area contributed by atoms with Crippen molar-refractivity contribution in [1.29, 1.82) is 10.5 Å². The largest absolute Gasteiger partial charge is 0.392 e. The minimum absolute atomic E-state index is 0. The Bertz CT molecular complexity index is 3310. The molecule has 8 aromatic heterocycles. The van der Waals surface area contributed by atoms with E-state index in [9.17, 15) is 23.9 Å². The molecule has 0 aliphatic rings. The number of aromatic nitrogens is 12. The molecule has 0 aliphatic carbocycles. The number of fused-ring (bicyclic) bond motifs is 2. The van der Waals surface area contributed by atoms with Gasteiger partial charge in [-0.25, -0.2) is 42.3 Å². The number of hydrogen-bond donors (Lipinski definition) is 5. The molecule has 0 aliphatic heterocycles. The molecule has 0 radical (unpaired) electrons. The molecule has 9 rings (SSSR count). The van der Waals surface area contributed by atoms with E-state index >= 15 is 0 Å². The van der Waals surface area contributed by atoms with Crippen LogP contribution in [0.5, 0.6) is 0 Å². The van der Waals surface area contributed by atoms with Gasteiger partial charge in [0.2, 0.25) is 11.9 Å². The number of pyridine rings is 2. The summed E-state index contributed by atoms with van der Waals surface area (Å²) in [5.74, 6) is 0.755. The topological polar surface area (TPSA) is 280 Å². The van der Waals surface area contributed by atoms with E-state index in [0.29, 0.717) is 57.7 Å². The molecule has 0 saturated heterocycles. The lowest BCUT2D eigenvalue weighted by Gasteiger charge is -2.09. The molecule has 20 nitrogen and oxygen atoms in total. The van der Waals surface area contributed by atoms with E-state index in [1.807, 2.05) is 18.3 Å². The van der Waals surface area contributed by atoms with E-state index in [4.69, 9.17) is 5.26 Å². The summed E-state index contributed by atoms with van der Waals surface area (Å²) in [7, 11) is -3.81. The maximum absolute atomic E-state index is 13.1. The summed E-state index contributed by atoms with van der Waals surface area (Å²) in [6.45, 7) is 4.14. The summed E-state index contributed by atoms with van der Waals surface area (Å²) in [4.78, 5) is 29.6. The van der Waals surface area contributed by atoms with Crippen molar-refractivity contribution in [2.24, 2.45) is 0 Å². The normalized spacial score (nSPS) is 12.0. The van der Waals surface area contributed by atoms with Gasteiger partial charge in [-0.1, -0.05) is 18.2 Å². The van der Waals surface area contributed by atoms with Gasteiger partial charge in [-0.05, 0) is 62.4 Å². The molecule has 0 spiro atoms. The SMILES string of the molecule is C[C@H](O)CNc1nccc(-c2cn(CC#N)nc2-c2cnc3[nH]ccc3c2)n1.C[C@H](O)CNc1nccc(-c2cn(CC#N)nc2-c2cnc3c(ccn3S(=O)(=O)c3ccccc3)c2)n1.[CH3-]. The van der Waals surface area contributed by atoms with Crippen LogP contribution in [0.2, 0.25) is 0 Å². The van der Waals surface area contributed by atoms with Gasteiger partial charge in [0, 0.05) is 95.7 Å². The molecule has 0 unspecified atom stereocenters. The van der Waals surface area contributed by atoms with Crippen molar-refractivity contribution < 1.29 is 18.6 Å². The first-order valence-electron chi connectivity index (χ1n) is 20.1. The van der Waals surface area contributed by atoms with Crippen LogP contribution < -0.4 is 10.6 Å². The Morgan fingerprint density at radius 2 is 1.27 bits per heavy atom. The zero-order valence-corrected chi connectivity index (χ0v) is 36.7. The highest BCUT2D eigenvalue weighted by Gasteiger charge is 2.22. The maximum Gasteiger partial charge on any atom is 0.269 e. The fourth-order valence-electron chi connectivity index (χ4n) is 6.72. The van der Waals surface area contributed by atoms with Crippen molar-refractivity contribution in [2.45, 2.75) is 44.0 Å². The van der Waals surface area contributed by atoms with Crippen molar-refractivity contribution in [2.75, 3.05) is 23.7 Å². The highest BCUT2D eigenvalue weighted by molar-refractivity contribution is 7.90. The molecule has 334 valence electrons. The quantitative estimate of drug-likeness (QED) is 0.0835. The Labute approximate surface area is 379 Å². The van der Waals surface area contributed by atoms with Gasteiger partial charge in [0.05, 0.1) is 40.6 Å². The average Bonchev–Trinajstić information content (AvgIpc) is 4.14. The second-order valence-corrected chi connectivity index (χ2v) is 16.5. The summed E-state index contributed by atoms with van der Waals surface area (Å²) in [6, 6.07) is 23.3. The number of benzene rings is 1. The van der Waals surface area contributed by atoms with E-state index in [-0.39, 0.29) is 37.6 Å². The maximum atomic E-state index is 13.1. The first-order valence-corrected chi connectivity index (χ1v) is 21.6. The molecule has 5 N–H and O–H groups in total. The van der Waals surface area contributed by atoms with Gasteiger partial charge in [-0.15, -0.1) is 0 Å². The third-order valence-corrected chi connectivity index (χ3v) is 11.4. The van der Waals surface area contributed by atoms with Gasteiger partial charge in [-0.3, -0.25) is 9.36 Å². The monoisotopic (exact) mass is 903 g/mol. The summed E-state index contributed by atoms with van der Waals surface area (Å²) < 4.78 is 30.5. The first kappa shape index (κ1) is 45.6. The van der Waals surface area contributed by atoms with Crippen molar-refractivity contribution >= 4 is 44.0 Å². The minimum atomic E-state index is -3.81. The minimum Gasteiger partial charge on any atom is -0.392 e. The fraction of sp³-hybridized carbons (Fsp3) is 0.178. The number of rotatable bonds is 14. The number of aliphatic hydroxyl groups excluding tert-OH is 2. The molecule has 9 aromatic rings. The van der Waals surface area contributed by atoms with Gasteiger partial charge in [-0.2, -0.15) is 20.7 Å². The molecular weight excluding hydrogens is 861 g/mol. The molecule has 21 heteroatoms. The highest BCUT2D eigenvalue weighted by Crippen LogP contribution is 2.33. The molecule has 0 amide bonds. The number of anilines is 2. The standard InChI is InChI=1S/C25H22N8O3S.C19H18N8O.CH3/c1-17(34)14-29-25-27-10-7-22(30-25)21-16-32(12-9-26)31-23(21)19-13-18-8-11-33(24(18)28-15-19)37(35,36)20-5-3-2-4-6-20;1-12(28)9-24-19-22-6-3-16(25-19)15-11-27(7-4-20)26-17(15)14-8-13-2-5-21-18(13)23-10-14;/h2-8,10-11,13,15-17,34H,12,14H2,1H3,(H,27,29,30);2-3,5-6,8,10-12,28H,7,9H2,1H3,(H,21,23)(H,22,24,25);1H3/q;;-1/t17-;12-;/m00./s1. The van der Waals surface area contributed by atoms with Gasteiger partial charge >= 0.3 is 0 Å². The lowest BCUT2D eigenvalue weighted by atomic mass is 10.1. The summed E-state index contributed by atoms with van der Waals surface area (Å²) in [5, 5.41) is 53.9. The summed E-state index contributed by atoms with van der Waals surface area (Å²) >= 11 is 0. The molecule has 0 fully saturated rings. The van der Waals surface area contributed by atoms with Crippen molar-refractivity contribution in [3.05, 3.63) is 124 Å². The second kappa shape index (κ2) is 20.0. The number of aromatic amines is 1. The van der Waals surface area contributed by atoms with E-state index < -0.39 is 22.2 Å². The van der Waals surface area contributed by atoms with Crippen molar-refractivity contribution in [3.8, 4) is 57.2 Å². The summed E-state index contributed by atoms with van der Waals surface area (Å²) in [6.07, 6.45) is 12.3. The number of aliphatic hydroxyl groups is 2. The fourth-order valence-corrected chi connectivity index (χ4v) is 8.04. The van der Waals surface area contributed by atoms with Crippen LogP contribution >= 0.6 is 0 Å². The van der Waals surface area contributed by atoms with Crippen LogP contribution in [0.3, 0.4) is 0 Å². The zero-order valence-electron chi connectivity index (χ0n) is 35.9. The lowest BCUT2D eigenvalue weighted by molar-refractivity contribution is 0.207. The Hall–Kier alpha value is -8.37. The number of hydrogen-bond acceptors (Lipinski definition) is 16. The third kappa shape index (κ3) is 10.0. The van der Waals surface area contributed by atoms with Gasteiger partial charge in [0.1, 0.15) is 30.1 Å². The zero-order chi connectivity index (χ0) is 45.5. The van der Waals surface area contributed by atoms with E-state index in [2.05, 4.69) is 67.9 Å². The Balaban J connectivity index is 0.000000201. The Kier molecular flexibility index (Phi) is 13.8. The molecule has 66 heavy (non-hydrogen) atoms. The number of nitriles is 2. The predicted molar refractivity (Wildman–Crippen MR) is 247 cm³/mol. The molecule has 1 aromatic carbocycles. The third-order valence-electron chi connectivity index (χ3n) is 9.70. The smallest absolute Gasteiger partial charge is 0.269 e. The van der Waals surface area contributed by atoms with E-state index in [1.54, 1.807) is 98.2 Å². The van der Waals surface area contributed by atoms with Crippen LogP contribution in [-0.4, -0.2) is 102 Å².